The summed E-state index contributed by atoms with van der Waals surface area (Å²) >= 11 is 5.99. The maximum absolute atomic E-state index is 12.6. The molecule has 0 amide bonds. The Bertz CT molecular complexity index is 1060. The van der Waals surface area contributed by atoms with E-state index < -0.39 is 14.4 Å². The lowest BCUT2D eigenvalue weighted by atomic mass is 10.0. The van der Waals surface area contributed by atoms with Gasteiger partial charge in [0.15, 0.2) is 19.7 Å². The molecule has 6 heteroatoms. The molecule has 0 unspecified atom stereocenters. The molecule has 1 atom stereocenters. The molecule has 30 heavy (non-hydrogen) atoms. The molecular formula is C24H28ClNO3Si. The van der Waals surface area contributed by atoms with Crippen LogP contribution in [0.5, 0.6) is 0 Å². The van der Waals surface area contributed by atoms with Crippen LogP contribution in [-0.4, -0.2) is 25.2 Å². The highest BCUT2D eigenvalue weighted by Crippen LogP contribution is 2.38. The van der Waals surface area contributed by atoms with E-state index in [0.29, 0.717) is 22.9 Å². The average Bonchev–Trinajstić information content (AvgIpc) is 3.11. The molecule has 4 nitrogen and oxygen atoms in total. The van der Waals surface area contributed by atoms with Gasteiger partial charge < -0.3 is 8.84 Å². The zero-order valence-corrected chi connectivity index (χ0v) is 19.9. The van der Waals surface area contributed by atoms with Gasteiger partial charge in [0.05, 0.1) is 0 Å². The Hall–Kier alpha value is -2.21. The van der Waals surface area contributed by atoms with Gasteiger partial charge in [-0.1, -0.05) is 51.1 Å². The van der Waals surface area contributed by atoms with E-state index in [4.69, 9.17) is 20.4 Å². The smallest absolute Gasteiger partial charge is 0.227 e. The monoisotopic (exact) mass is 441 g/mol. The van der Waals surface area contributed by atoms with Crippen LogP contribution in [0.2, 0.25) is 23.2 Å². The van der Waals surface area contributed by atoms with Crippen LogP contribution in [0.3, 0.4) is 0 Å². The van der Waals surface area contributed by atoms with Gasteiger partial charge in [-0.15, -0.1) is 0 Å². The molecule has 3 aromatic rings. The summed E-state index contributed by atoms with van der Waals surface area (Å²) in [4.78, 5) is 17.2. The fourth-order valence-electron chi connectivity index (χ4n) is 2.95. The van der Waals surface area contributed by atoms with E-state index in [1.807, 2.05) is 30.3 Å². The quantitative estimate of drug-likeness (QED) is 0.297. The van der Waals surface area contributed by atoms with Crippen molar-refractivity contribution in [3.05, 3.63) is 65.7 Å². The molecule has 158 valence electrons. The van der Waals surface area contributed by atoms with Crippen molar-refractivity contribution in [1.82, 2.24) is 4.98 Å². The van der Waals surface area contributed by atoms with Gasteiger partial charge in [-0.2, -0.15) is 0 Å². The van der Waals surface area contributed by atoms with Crippen LogP contribution in [0.4, 0.5) is 0 Å². The zero-order chi connectivity index (χ0) is 22.1. The fraction of sp³-hybridized carbons (Fsp3) is 0.333. The van der Waals surface area contributed by atoms with Crippen LogP contribution >= 0.6 is 11.6 Å². The summed E-state index contributed by atoms with van der Waals surface area (Å²) in [5.74, 6) is 0.403. The lowest BCUT2D eigenvalue weighted by Crippen LogP contribution is -2.46. The van der Waals surface area contributed by atoms with Crippen LogP contribution in [0.1, 0.15) is 26.3 Å². The van der Waals surface area contributed by atoms with E-state index in [0.717, 1.165) is 16.6 Å². The van der Waals surface area contributed by atoms with E-state index in [1.165, 1.54) is 6.08 Å². The maximum Gasteiger partial charge on any atom is 0.227 e. The summed E-state index contributed by atoms with van der Waals surface area (Å²) in [6, 6.07) is 13.1. The van der Waals surface area contributed by atoms with E-state index in [2.05, 4.69) is 45.4 Å². The predicted molar refractivity (Wildman–Crippen MR) is 125 cm³/mol. The molecule has 0 saturated carbocycles. The lowest BCUT2D eigenvalue weighted by molar-refractivity contribution is -0.121. The molecule has 0 aliphatic rings. The second kappa shape index (κ2) is 8.50. The molecule has 0 aliphatic carbocycles. The summed E-state index contributed by atoms with van der Waals surface area (Å²) in [5, 5.41) is 0.649. The van der Waals surface area contributed by atoms with Gasteiger partial charge in [-0.25, -0.2) is 4.98 Å². The number of rotatable bonds is 7. The van der Waals surface area contributed by atoms with Crippen molar-refractivity contribution in [3.63, 3.8) is 0 Å². The summed E-state index contributed by atoms with van der Waals surface area (Å²) < 4.78 is 12.6. The first-order valence-electron chi connectivity index (χ1n) is 10.0. The zero-order valence-electron chi connectivity index (χ0n) is 18.2. The third-order valence-corrected chi connectivity index (χ3v) is 10.5. The molecule has 0 radical (unpaired) electrons. The van der Waals surface area contributed by atoms with Crippen LogP contribution in [0.15, 0.2) is 59.5 Å². The van der Waals surface area contributed by atoms with Gasteiger partial charge in [-0.05, 0) is 54.5 Å². The normalized spacial score (nSPS) is 13.4. The Kier molecular flexibility index (Phi) is 6.36. The summed E-state index contributed by atoms with van der Waals surface area (Å²) in [6.45, 7) is 14.4. The molecule has 0 bridgehead atoms. The van der Waals surface area contributed by atoms with Crippen molar-refractivity contribution in [1.29, 1.82) is 0 Å². The number of halogens is 1. The van der Waals surface area contributed by atoms with Gasteiger partial charge in [0.2, 0.25) is 5.89 Å². The second-order valence-electron chi connectivity index (χ2n) is 8.97. The minimum absolute atomic E-state index is 0.00724. The Balaban J connectivity index is 1.96. The number of aromatic nitrogens is 1. The van der Waals surface area contributed by atoms with Crippen molar-refractivity contribution in [3.8, 4) is 11.5 Å². The fourth-order valence-corrected chi connectivity index (χ4v) is 4.34. The van der Waals surface area contributed by atoms with Gasteiger partial charge in [-0.3, -0.25) is 4.79 Å². The molecule has 1 heterocycles. The van der Waals surface area contributed by atoms with Crippen molar-refractivity contribution >= 4 is 36.8 Å². The van der Waals surface area contributed by atoms with Crippen molar-refractivity contribution in [2.24, 2.45) is 0 Å². The summed E-state index contributed by atoms with van der Waals surface area (Å²) in [7, 11) is -2.15. The number of benzene rings is 2. The van der Waals surface area contributed by atoms with Crippen molar-refractivity contribution < 1.29 is 13.6 Å². The lowest BCUT2D eigenvalue weighted by Gasteiger charge is -2.38. The minimum atomic E-state index is -2.15. The van der Waals surface area contributed by atoms with Gasteiger partial charge in [0.25, 0.3) is 0 Å². The number of ketones is 1. The van der Waals surface area contributed by atoms with Gasteiger partial charge >= 0.3 is 0 Å². The summed E-state index contributed by atoms with van der Waals surface area (Å²) in [6.07, 6.45) is 1.15. The number of oxazole rings is 1. The van der Waals surface area contributed by atoms with Crippen LogP contribution in [0, 0.1) is 0 Å². The highest BCUT2D eigenvalue weighted by molar-refractivity contribution is 6.74. The largest absolute Gasteiger partial charge is 0.436 e. The highest BCUT2D eigenvalue weighted by Gasteiger charge is 2.40. The number of carbonyl (C=O) groups excluding carboxylic acids is 1. The van der Waals surface area contributed by atoms with E-state index >= 15 is 0 Å². The standard InChI is InChI=1S/C24H28ClNO3Si/c1-7-20(27)21(29-30(5,6)24(2,3)4)15-17-9-8-10-19-22(17)28-23(26-19)16-11-13-18(25)14-12-16/h7-14,21H,1,15H2,2-6H3/t21-/m0/s1. The minimum Gasteiger partial charge on any atom is -0.436 e. The van der Waals surface area contributed by atoms with Crippen LogP contribution in [-0.2, 0) is 15.6 Å². The second-order valence-corrected chi connectivity index (χ2v) is 14.2. The first-order valence-corrected chi connectivity index (χ1v) is 13.3. The molecule has 0 aliphatic heterocycles. The predicted octanol–water partition coefficient (Wildman–Crippen LogP) is 6.84. The average molecular weight is 442 g/mol. The Morgan fingerprint density at radius 2 is 1.90 bits per heavy atom. The molecule has 0 saturated heterocycles. The molecule has 1 aromatic heterocycles. The third kappa shape index (κ3) is 4.74. The van der Waals surface area contributed by atoms with E-state index in [-0.39, 0.29) is 10.8 Å². The number of fused-ring (bicyclic) bond motifs is 1. The number of carbonyl (C=O) groups is 1. The van der Waals surface area contributed by atoms with Gasteiger partial charge in [0.1, 0.15) is 11.6 Å². The molecule has 0 spiro atoms. The number of para-hydroxylation sites is 1. The molecule has 3 rings (SSSR count). The topological polar surface area (TPSA) is 52.3 Å². The van der Waals surface area contributed by atoms with Crippen molar-refractivity contribution in [2.75, 3.05) is 0 Å². The van der Waals surface area contributed by atoms with Crippen LogP contribution < -0.4 is 0 Å². The number of hydrogen-bond acceptors (Lipinski definition) is 4. The number of nitrogens with zero attached hydrogens (tertiary/aromatic N) is 1. The summed E-state index contributed by atoms with van der Waals surface area (Å²) in [5.41, 5.74) is 3.15. The van der Waals surface area contributed by atoms with Gasteiger partial charge in [0, 0.05) is 22.6 Å². The number of hydrogen-bond donors (Lipinski definition) is 0. The maximum atomic E-state index is 12.6. The molecule has 2 aromatic carbocycles. The van der Waals surface area contributed by atoms with E-state index in [1.54, 1.807) is 12.1 Å². The molecule has 0 fully saturated rings. The Morgan fingerprint density at radius 3 is 2.50 bits per heavy atom. The molecule has 0 N–H and O–H groups in total. The van der Waals surface area contributed by atoms with Crippen LogP contribution in [0.25, 0.3) is 22.6 Å². The highest BCUT2D eigenvalue weighted by atomic mass is 35.5. The van der Waals surface area contributed by atoms with E-state index in [9.17, 15) is 4.79 Å². The Morgan fingerprint density at radius 1 is 1.23 bits per heavy atom. The van der Waals surface area contributed by atoms with Crippen molar-refractivity contribution in [2.45, 2.75) is 51.4 Å². The first-order chi connectivity index (χ1) is 14.0. The third-order valence-electron chi connectivity index (χ3n) is 5.75. The first kappa shape index (κ1) is 22.5. The SMILES string of the molecule is C=CC(=O)[C@H](Cc1cccc2nc(-c3ccc(Cl)cc3)oc12)O[Si](C)(C)C(C)(C)C. The Labute approximate surface area is 184 Å². The molecular weight excluding hydrogens is 414 g/mol.